The van der Waals surface area contributed by atoms with Gasteiger partial charge in [-0.05, 0) is 58.0 Å². The zero-order valence-corrected chi connectivity index (χ0v) is 15.4. The number of hydrogen-bond donors (Lipinski definition) is 2. The minimum atomic E-state index is -0.513. The van der Waals surface area contributed by atoms with Crippen LogP contribution in [0.5, 0.6) is 0 Å². The van der Waals surface area contributed by atoms with Crippen LogP contribution in [0.1, 0.15) is 25.7 Å². The molecule has 0 saturated heterocycles. The summed E-state index contributed by atoms with van der Waals surface area (Å²) in [4.78, 5) is 26.5. The van der Waals surface area contributed by atoms with Crippen LogP contribution in [-0.2, 0) is 9.59 Å². The molecule has 1 saturated carbocycles. The molecule has 1 aromatic carbocycles. The molecule has 7 heteroatoms. The van der Waals surface area contributed by atoms with Gasteiger partial charge in [-0.2, -0.15) is 0 Å². The second-order valence-electron chi connectivity index (χ2n) is 6.76. The number of hydrogen-bond acceptors (Lipinski definition) is 3. The van der Waals surface area contributed by atoms with Crippen LogP contribution in [0.3, 0.4) is 0 Å². The van der Waals surface area contributed by atoms with Crippen LogP contribution in [0.4, 0.5) is 10.1 Å². The van der Waals surface area contributed by atoms with E-state index in [-0.39, 0.29) is 28.7 Å². The number of rotatable bonds is 6. The number of nitrogens with zero attached hydrogens (tertiary/aromatic N) is 1. The first-order valence-corrected chi connectivity index (χ1v) is 8.93. The third-order valence-electron chi connectivity index (χ3n) is 4.51. The van der Waals surface area contributed by atoms with Crippen LogP contribution < -0.4 is 10.6 Å². The number of anilines is 1. The quantitative estimate of drug-likeness (QED) is 0.810. The average molecular weight is 370 g/mol. The summed E-state index contributed by atoms with van der Waals surface area (Å²) in [5.74, 6) is -0.693. The molecule has 2 rings (SSSR count). The highest BCUT2D eigenvalue weighted by Crippen LogP contribution is 2.30. The molecule has 0 unspecified atom stereocenters. The zero-order chi connectivity index (χ0) is 18.4. The number of amides is 2. The fraction of sp³-hybridized carbons (Fsp3) is 0.556. The molecule has 25 heavy (non-hydrogen) atoms. The fourth-order valence-corrected chi connectivity index (χ4v) is 3.16. The standard InChI is InChI=1S/C18H25ClFN3O2/c1-23(2)10-9-21-17(24)12-3-5-13(6-4-12)18(25)22-14-7-8-16(20)15(19)11-14/h7-8,11-13H,3-6,9-10H2,1-2H3,(H,21,24)(H,22,25). The minimum absolute atomic E-state index is 0.0177. The van der Waals surface area contributed by atoms with Gasteiger partial charge in [-0.1, -0.05) is 11.6 Å². The molecule has 0 heterocycles. The number of likely N-dealkylation sites (N-methyl/N-ethyl adjacent to an activating group) is 1. The van der Waals surface area contributed by atoms with Crippen molar-refractivity contribution >= 4 is 29.1 Å². The normalized spacial score (nSPS) is 20.4. The molecule has 0 aromatic heterocycles. The minimum Gasteiger partial charge on any atom is -0.355 e. The molecular weight excluding hydrogens is 345 g/mol. The summed E-state index contributed by atoms with van der Waals surface area (Å²) < 4.78 is 13.2. The Hall–Kier alpha value is -1.66. The van der Waals surface area contributed by atoms with Crippen molar-refractivity contribution in [2.75, 3.05) is 32.5 Å². The second-order valence-corrected chi connectivity index (χ2v) is 7.17. The summed E-state index contributed by atoms with van der Waals surface area (Å²) in [6, 6.07) is 4.12. The summed E-state index contributed by atoms with van der Waals surface area (Å²) >= 11 is 5.72. The van der Waals surface area contributed by atoms with E-state index < -0.39 is 5.82 Å². The molecule has 5 nitrogen and oxygen atoms in total. The lowest BCUT2D eigenvalue weighted by atomic mass is 9.81. The summed E-state index contributed by atoms with van der Waals surface area (Å²) in [7, 11) is 3.93. The molecule has 2 N–H and O–H groups in total. The van der Waals surface area contributed by atoms with Crippen LogP contribution in [0, 0.1) is 17.7 Å². The van der Waals surface area contributed by atoms with Crippen molar-refractivity contribution in [1.29, 1.82) is 0 Å². The maximum absolute atomic E-state index is 13.2. The Labute approximate surface area is 152 Å². The van der Waals surface area contributed by atoms with E-state index in [0.29, 0.717) is 37.9 Å². The molecule has 2 amide bonds. The molecule has 0 spiro atoms. The Morgan fingerprint density at radius 2 is 1.76 bits per heavy atom. The number of nitrogens with one attached hydrogen (secondary N) is 2. The summed E-state index contributed by atoms with van der Waals surface area (Å²) in [6.45, 7) is 1.45. The third kappa shape index (κ3) is 5.97. The van der Waals surface area contributed by atoms with Crippen molar-refractivity contribution in [1.82, 2.24) is 10.2 Å². The van der Waals surface area contributed by atoms with Crippen molar-refractivity contribution in [3.05, 3.63) is 29.0 Å². The van der Waals surface area contributed by atoms with E-state index >= 15 is 0 Å². The Balaban J connectivity index is 1.78. The van der Waals surface area contributed by atoms with E-state index in [1.807, 2.05) is 19.0 Å². The van der Waals surface area contributed by atoms with E-state index in [2.05, 4.69) is 10.6 Å². The van der Waals surface area contributed by atoms with Gasteiger partial charge in [0.05, 0.1) is 5.02 Å². The second kappa shape index (κ2) is 9.15. The maximum Gasteiger partial charge on any atom is 0.227 e. The molecule has 1 fully saturated rings. The van der Waals surface area contributed by atoms with Crippen molar-refractivity contribution in [2.24, 2.45) is 11.8 Å². The van der Waals surface area contributed by atoms with Crippen LogP contribution >= 0.6 is 11.6 Å². The van der Waals surface area contributed by atoms with Crippen molar-refractivity contribution in [3.63, 3.8) is 0 Å². The molecule has 0 aliphatic heterocycles. The molecule has 138 valence electrons. The highest BCUT2D eigenvalue weighted by molar-refractivity contribution is 6.31. The fourth-order valence-electron chi connectivity index (χ4n) is 2.98. The SMILES string of the molecule is CN(C)CCNC(=O)C1CCC(C(=O)Nc2ccc(F)c(Cl)c2)CC1. The molecule has 0 bridgehead atoms. The smallest absolute Gasteiger partial charge is 0.227 e. The molecule has 1 aliphatic rings. The highest BCUT2D eigenvalue weighted by Gasteiger charge is 2.29. The summed E-state index contributed by atoms with van der Waals surface area (Å²) in [5.41, 5.74) is 0.486. The Morgan fingerprint density at radius 1 is 1.16 bits per heavy atom. The topological polar surface area (TPSA) is 61.4 Å². The summed E-state index contributed by atoms with van der Waals surface area (Å²) in [5, 5.41) is 5.70. The summed E-state index contributed by atoms with van der Waals surface area (Å²) in [6.07, 6.45) is 2.76. The zero-order valence-electron chi connectivity index (χ0n) is 14.6. The van der Waals surface area contributed by atoms with Crippen molar-refractivity contribution in [2.45, 2.75) is 25.7 Å². The van der Waals surface area contributed by atoms with Crippen LogP contribution in [0.15, 0.2) is 18.2 Å². The first kappa shape index (κ1) is 19.7. The number of carbonyl (C=O) groups excluding carboxylic acids is 2. The van der Waals surface area contributed by atoms with Gasteiger partial charge >= 0.3 is 0 Å². The molecule has 0 atom stereocenters. The lowest BCUT2D eigenvalue weighted by Gasteiger charge is -2.27. The van der Waals surface area contributed by atoms with Gasteiger partial charge in [-0.25, -0.2) is 4.39 Å². The van der Waals surface area contributed by atoms with Gasteiger partial charge in [-0.15, -0.1) is 0 Å². The first-order chi connectivity index (χ1) is 11.9. The number of carbonyl (C=O) groups is 2. The van der Waals surface area contributed by atoms with E-state index in [4.69, 9.17) is 11.6 Å². The van der Waals surface area contributed by atoms with Gasteiger partial charge < -0.3 is 15.5 Å². The van der Waals surface area contributed by atoms with Gasteiger partial charge in [0.15, 0.2) is 0 Å². The van der Waals surface area contributed by atoms with E-state index in [1.165, 1.54) is 18.2 Å². The molecular formula is C18H25ClFN3O2. The van der Waals surface area contributed by atoms with E-state index in [1.54, 1.807) is 0 Å². The maximum atomic E-state index is 13.2. The van der Waals surface area contributed by atoms with Crippen LogP contribution in [-0.4, -0.2) is 43.9 Å². The third-order valence-corrected chi connectivity index (χ3v) is 4.80. The van der Waals surface area contributed by atoms with Crippen LogP contribution in [0.25, 0.3) is 0 Å². The lowest BCUT2D eigenvalue weighted by Crippen LogP contribution is -2.38. The van der Waals surface area contributed by atoms with Gasteiger partial charge in [0, 0.05) is 30.6 Å². The monoisotopic (exact) mass is 369 g/mol. The van der Waals surface area contributed by atoms with E-state index in [9.17, 15) is 14.0 Å². The predicted octanol–water partition coefficient (Wildman–Crippen LogP) is 2.90. The Kier molecular flexibility index (Phi) is 7.20. The molecule has 0 radical (unpaired) electrons. The molecule has 1 aromatic rings. The van der Waals surface area contributed by atoms with Crippen molar-refractivity contribution < 1.29 is 14.0 Å². The number of benzene rings is 1. The van der Waals surface area contributed by atoms with Gasteiger partial charge in [-0.3, -0.25) is 9.59 Å². The van der Waals surface area contributed by atoms with Gasteiger partial charge in [0.2, 0.25) is 11.8 Å². The van der Waals surface area contributed by atoms with E-state index in [0.717, 1.165) is 6.54 Å². The predicted molar refractivity (Wildman–Crippen MR) is 97.1 cm³/mol. The largest absolute Gasteiger partial charge is 0.355 e. The molecule has 1 aliphatic carbocycles. The van der Waals surface area contributed by atoms with Crippen molar-refractivity contribution in [3.8, 4) is 0 Å². The van der Waals surface area contributed by atoms with Gasteiger partial charge in [0.1, 0.15) is 5.82 Å². The average Bonchev–Trinajstić information content (AvgIpc) is 2.58. The first-order valence-electron chi connectivity index (χ1n) is 8.55. The Morgan fingerprint density at radius 3 is 2.32 bits per heavy atom. The Bertz CT molecular complexity index is 616. The highest BCUT2D eigenvalue weighted by atomic mass is 35.5. The lowest BCUT2D eigenvalue weighted by molar-refractivity contribution is -0.128. The number of halogens is 2. The van der Waals surface area contributed by atoms with Gasteiger partial charge in [0.25, 0.3) is 0 Å². The van der Waals surface area contributed by atoms with Crippen LogP contribution in [0.2, 0.25) is 5.02 Å².